The van der Waals surface area contributed by atoms with Gasteiger partial charge in [0.25, 0.3) is 0 Å². The molecule has 5 nitrogen and oxygen atoms in total. The van der Waals surface area contributed by atoms with E-state index in [1.165, 1.54) is 0 Å². The number of methoxy groups -OCH3 is 1. The molecule has 0 aliphatic heterocycles. The Morgan fingerprint density at radius 3 is 2.68 bits per heavy atom. The van der Waals surface area contributed by atoms with Gasteiger partial charge in [-0.3, -0.25) is 5.32 Å². The number of hydrogen-bond donors (Lipinski definition) is 2. The van der Waals surface area contributed by atoms with Crippen molar-refractivity contribution in [3.8, 4) is 5.75 Å². The summed E-state index contributed by atoms with van der Waals surface area (Å²) in [6, 6.07) is 3.47. The van der Waals surface area contributed by atoms with E-state index in [4.69, 9.17) is 14.6 Å². The molecule has 0 heterocycles. The first-order valence-corrected chi connectivity index (χ1v) is 6.00. The van der Waals surface area contributed by atoms with Gasteiger partial charge in [-0.05, 0) is 25.5 Å². The maximum atomic E-state index is 10.7. The lowest BCUT2D eigenvalue weighted by molar-refractivity contribution is 0.180. The average Bonchev–Trinajstić information content (AvgIpc) is 2.33. The Morgan fingerprint density at radius 1 is 1.47 bits per heavy atom. The van der Waals surface area contributed by atoms with Crippen molar-refractivity contribution < 1.29 is 19.4 Å². The molecule has 2 N–H and O–H groups in total. The fraction of sp³-hybridized carbons (Fsp3) is 0.357. The lowest BCUT2D eigenvalue weighted by Crippen LogP contribution is -2.09. The Balaban J connectivity index is 3.24. The van der Waals surface area contributed by atoms with Gasteiger partial charge in [-0.1, -0.05) is 6.08 Å². The molecule has 0 atom stereocenters. The van der Waals surface area contributed by atoms with Crippen molar-refractivity contribution in [3.05, 3.63) is 35.9 Å². The number of carbonyl (C=O) groups is 1. The molecule has 0 aromatic heterocycles. The number of amides is 1. The lowest BCUT2D eigenvalue weighted by atomic mass is 10.0. The Labute approximate surface area is 112 Å². The van der Waals surface area contributed by atoms with Crippen molar-refractivity contribution in [1.29, 1.82) is 0 Å². The maximum absolute atomic E-state index is 10.7. The normalized spacial score (nSPS) is 10.0. The molecule has 1 amide bonds. The first-order chi connectivity index (χ1) is 9.12. The van der Waals surface area contributed by atoms with Crippen LogP contribution in [0.3, 0.4) is 0 Å². The van der Waals surface area contributed by atoms with Gasteiger partial charge in [-0.25, -0.2) is 4.79 Å². The highest BCUT2D eigenvalue weighted by Crippen LogP contribution is 2.30. The summed E-state index contributed by atoms with van der Waals surface area (Å²) in [7, 11) is 1.58. The SMILES string of the molecule is C=CCc1cc(NC(=O)O)cc(COC)c1OCC. The second kappa shape index (κ2) is 7.43. The molecular formula is C14H19NO4. The zero-order valence-electron chi connectivity index (χ0n) is 11.2. The number of rotatable bonds is 7. The van der Waals surface area contributed by atoms with Gasteiger partial charge >= 0.3 is 6.09 Å². The van der Waals surface area contributed by atoms with Gasteiger partial charge < -0.3 is 14.6 Å². The molecule has 0 saturated carbocycles. The van der Waals surface area contributed by atoms with Crippen molar-refractivity contribution >= 4 is 11.8 Å². The summed E-state index contributed by atoms with van der Waals surface area (Å²) in [5, 5.41) is 11.1. The first-order valence-electron chi connectivity index (χ1n) is 6.00. The van der Waals surface area contributed by atoms with E-state index in [9.17, 15) is 4.79 Å². The standard InChI is InChI=1S/C14H19NO4/c1-4-6-10-7-12(15-14(16)17)8-11(9-18-3)13(10)19-5-2/h4,7-8,15H,1,5-6,9H2,2-3H3,(H,16,17). The van der Waals surface area contributed by atoms with E-state index in [-0.39, 0.29) is 0 Å². The van der Waals surface area contributed by atoms with Crippen LogP contribution in [-0.4, -0.2) is 24.9 Å². The van der Waals surface area contributed by atoms with Crippen molar-refractivity contribution in [3.63, 3.8) is 0 Å². The third-order valence-corrected chi connectivity index (χ3v) is 2.45. The molecule has 0 unspecified atom stereocenters. The first kappa shape index (κ1) is 15.0. The summed E-state index contributed by atoms with van der Waals surface area (Å²) in [5.74, 6) is 0.736. The van der Waals surface area contributed by atoms with E-state index in [1.807, 2.05) is 6.92 Å². The van der Waals surface area contributed by atoms with Crippen LogP contribution in [0.4, 0.5) is 10.5 Å². The minimum absolute atomic E-state index is 0.356. The van der Waals surface area contributed by atoms with Gasteiger partial charge in [0.1, 0.15) is 5.75 Å². The smallest absolute Gasteiger partial charge is 0.409 e. The minimum atomic E-state index is -1.10. The van der Waals surface area contributed by atoms with Crippen LogP contribution in [0.15, 0.2) is 24.8 Å². The van der Waals surface area contributed by atoms with Crippen molar-refractivity contribution in [1.82, 2.24) is 0 Å². The molecule has 0 spiro atoms. The number of ether oxygens (including phenoxy) is 2. The summed E-state index contributed by atoms with van der Waals surface area (Å²) >= 11 is 0. The van der Waals surface area contributed by atoms with Crippen LogP contribution in [0.2, 0.25) is 0 Å². The highest BCUT2D eigenvalue weighted by Gasteiger charge is 2.12. The second-order valence-corrected chi connectivity index (χ2v) is 3.91. The molecule has 104 valence electrons. The number of benzene rings is 1. The number of hydrogen-bond acceptors (Lipinski definition) is 3. The molecule has 1 aromatic carbocycles. The zero-order valence-corrected chi connectivity index (χ0v) is 11.2. The van der Waals surface area contributed by atoms with Crippen LogP contribution >= 0.6 is 0 Å². The Bertz CT molecular complexity index is 457. The Kier molecular flexibility index (Phi) is 5.89. The summed E-state index contributed by atoms with van der Waals surface area (Å²) in [6.07, 6.45) is 1.25. The van der Waals surface area contributed by atoms with Crippen molar-refractivity contribution in [2.45, 2.75) is 20.0 Å². The number of carboxylic acid groups (broad SMARTS) is 1. The topological polar surface area (TPSA) is 67.8 Å². The largest absolute Gasteiger partial charge is 0.493 e. The van der Waals surface area contributed by atoms with Gasteiger partial charge in [-0.15, -0.1) is 6.58 Å². The molecule has 0 radical (unpaired) electrons. The third kappa shape index (κ3) is 4.30. The fourth-order valence-corrected chi connectivity index (χ4v) is 1.85. The van der Waals surface area contributed by atoms with E-state index in [2.05, 4.69) is 11.9 Å². The fourth-order valence-electron chi connectivity index (χ4n) is 1.85. The van der Waals surface area contributed by atoms with Gasteiger partial charge in [-0.2, -0.15) is 0 Å². The second-order valence-electron chi connectivity index (χ2n) is 3.91. The highest BCUT2D eigenvalue weighted by atomic mass is 16.5. The molecule has 0 aliphatic carbocycles. The van der Waals surface area contributed by atoms with Gasteiger partial charge in [0.2, 0.25) is 0 Å². The molecule has 19 heavy (non-hydrogen) atoms. The van der Waals surface area contributed by atoms with E-state index in [1.54, 1.807) is 25.3 Å². The van der Waals surface area contributed by atoms with Crippen molar-refractivity contribution in [2.75, 3.05) is 19.0 Å². The third-order valence-electron chi connectivity index (χ3n) is 2.45. The molecule has 1 aromatic rings. The van der Waals surface area contributed by atoms with Crippen LogP contribution in [0.5, 0.6) is 5.75 Å². The predicted molar refractivity (Wildman–Crippen MR) is 73.9 cm³/mol. The van der Waals surface area contributed by atoms with E-state index >= 15 is 0 Å². The van der Waals surface area contributed by atoms with Crippen LogP contribution in [0, 0.1) is 0 Å². The zero-order chi connectivity index (χ0) is 14.3. The highest BCUT2D eigenvalue weighted by molar-refractivity contribution is 5.83. The van der Waals surface area contributed by atoms with Crippen LogP contribution in [0.25, 0.3) is 0 Å². The van der Waals surface area contributed by atoms with Crippen LogP contribution in [-0.2, 0) is 17.8 Å². The average molecular weight is 265 g/mol. The van der Waals surface area contributed by atoms with E-state index in [0.29, 0.717) is 25.3 Å². The Hall–Kier alpha value is -2.01. The molecule has 0 aliphatic rings. The lowest BCUT2D eigenvalue weighted by Gasteiger charge is -2.16. The summed E-state index contributed by atoms with van der Waals surface area (Å²) < 4.78 is 10.8. The Morgan fingerprint density at radius 2 is 2.16 bits per heavy atom. The number of allylic oxidation sites excluding steroid dienone is 1. The van der Waals surface area contributed by atoms with Gasteiger partial charge in [0.05, 0.1) is 13.2 Å². The summed E-state index contributed by atoms with van der Waals surface area (Å²) in [5.41, 5.74) is 2.20. The van der Waals surface area contributed by atoms with E-state index in [0.717, 1.165) is 16.9 Å². The minimum Gasteiger partial charge on any atom is -0.493 e. The molecule has 1 rings (SSSR count). The molecule has 0 saturated heterocycles. The predicted octanol–water partition coefficient (Wildman–Crippen LogP) is 3.05. The quantitative estimate of drug-likeness (QED) is 0.743. The van der Waals surface area contributed by atoms with Crippen LogP contribution < -0.4 is 10.1 Å². The number of anilines is 1. The van der Waals surface area contributed by atoms with E-state index < -0.39 is 6.09 Å². The van der Waals surface area contributed by atoms with Crippen LogP contribution in [0.1, 0.15) is 18.1 Å². The summed E-state index contributed by atoms with van der Waals surface area (Å²) in [6.45, 7) is 6.49. The molecule has 0 bridgehead atoms. The molecule has 5 heteroatoms. The van der Waals surface area contributed by atoms with Gasteiger partial charge in [0, 0.05) is 23.9 Å². The molecular weight excluding hydrogens is 246 g/mol. The van der Waals surface area contributed by atoms with Crippen molar-refractivity contribution in [2.24, 2.45) is 0 Å². The number of nitrogens with one attached hydrogen (secondary N) is 1. The monoisotopic (exact) mass is 265 g/mol. The molecule has 0 fully saturated rings. The van der Waals surface area contributed by atoms with Gasteiger partial charge in [0.15, 0.2) is 0 Å². The summed E-state index contributed by atoms with van der Waals surface area (Å²) in [4.78, 5) is 10.7. The maximum Gasteiger partial charge on any atom is 0.409 e.